The Labute approximate surface area is 98.7 Å². The van der Waals surface area contributed by atoms with Gasteiger partial charge in [-0.25, -0.2) is 0 Å². The summed E-state index contributed by atoms with van der Waals surface area (Å²) in [5, 5.41) is 0. The minimum absolute atomic E-state index is 0.0955. The van der Waals surface area contributed by atoms with E-state index in [1.807, 2.05) is 32.9 Å². The van der Waals surface area contributed by atoms with E-state index in [0.29, 0.717) is 6.42 Å². The zero-order valence-electron chi connectivity index (χ0n) is 10.5. The minimum atomic E-state index is -0.202. The molecule has 0 saturated heterocycles. The number of carbonyl (C=O) groups excluding carboxylic acids is 1. The minimum Gasteiger partial charge on any atom is -0.458 e. The van der Waals surface area contributed by atoms with Crippen LogP contribution in [0.15, 0.2) is 37.0 Å². The summed E-state index contributed by atoms with van der Waals surface area (Å²) in [4.78, 5) is 11.4. The summed E-state index contributed by atoms with van der Waals surface area (Å²) >= 11 is 0. The molecule has 0 aromatic rings. The fraction of sp³-hybridized carbons (Fsp3) is 0.500. The van der Waals surface area contributed by atoms with Crippen LogP contribution in [0.4, 0.5) is 0 Å². The first kappa shape index (κ1) is 14.7. The first-order chi connectivity index (χ1) is 7.47. The zero-order valence-corrected chi connectivity index (χ0v) is 10.5. The molecule has 0 saturated carbocycles. The molecule has 0 fully saturated rings. The molecule has 0 aromatic heterocycles. The highest BCUT2D eigenvalue weighted by Gasteiger charge is 2.13. The SMILES string of the molecule is C=CCC(/C=C\CC(=C)C)OC(=O)C(C)C. The number of carbonyl (C=O) groups is 1. The van der Waals surface area contributed by atoms with Gasteiger partial charge in [0.2, 0.25) is 0 Å². The van der Waals surface area contributed by atoms with Crippen molar-refractivity contribution >= 4 is 5.97 Å². The number of rotatable bonds is 7. The van der Waals surface area contributed by atoms with E-state index in [4.69, 9.17) is 4.74 Å². The van der Waals surface area contributed by atoms with Crippen molar-refractivity contribution in [3.8, 4) is 0 Å². The number of hydrogen-bond acceptors (Lipinski definition) is 2. The van der Waals surface area contributed by atoms with Crippen molar-refractivity contribution in [1.82, 2.24) is 0 Å². The Morgan fingerprint density at radius 3 is 2.50 bits per heavy atom. The molecule has 0 N–H and O–H groups in total. The van der Waals surface area contributed by atoms with Crippen LogP contribution < -0.4 is 0 Å². The Hall–Kier alpha value is -1.31. The van der Waals surface area contributed by atoms with Gasteiger partial charge in [0.25, 0.3) is 0 Å². The molecule has 0 radical (unpaired) electrons. The number of hydrogen-bond donors (Lipinski definition) is 0. The van der Waals surface area contributed by atoms with Gasteiger partial charge < -0.3 is 4.74 Å². The molecular formula is C14H22O2. The molecule has 0 aliphatic carbocycles. The third-order valence-corrected chi connectivity index (χ3v) is 1.95. The van der Waals surface area contributed by atoms with E-state index >= 15 is 0 Å². The lowest BCUT2D eigenvalue weighted by molar-refractivity contribution is -0.150. The second-order valence-electron chi connectivity index (χ2n) is 4.24. The van der Waals surface area contributed by atoms with Gasteiger partial charge in [0, 0.05) is 6.42 Å². The Morgan fingerprint density at radius 2 is 2.06 bits per heavy atom. The first-order valence-corrected chi connectivity index (χ1v) is 5.59. The van der Waals surface area contributed by atoms with Crippen LogP contribution in [-0.2, 0) is 9.53 Å². The van der Waals surface area contributed by atoms with Gasteiger partial charge in [-0.05, 0) is 19.4 Å². The van der Waals surface area contributed by atoms with E-state index in [9.17, 15) is 4.79 Å². The molecule has 0 aromatic carbocycles. The number of allylic oxidation sites excluding steroid dienone is 2. The van der Waals surface area contributed by atoms with Gasteiger partial charge in [0.15, 0.2) is 0 Å². The molecule has 0 amide bonds. The maximum atomic E-state index is 11.4. The predicted octanol–water partition coefficient (Wildman–Crippen LogP) is 3.65. The van der Waals surface area contributed by atoms with Gasteiger partial charge in [-0.1, -0.05) is 38.2 Å². The lowest BCUT2D eigenvalue weighted by Gasteiger charge is -2.14. The monoisotopic (exact) mass is 222 g/mol. The average Bonchev–Trinajstić information content (AvgIpc) is 2.17. The summed E-state index contributed by atoms with van der Waals surface area (Å²) in [6.45, 7) is 13.1. The molecule has 0 rings (SSSR count). The van der Waals surface area contributed by atoms with Crippen LogP contribution in [0.5, 0.6) is 0 Å². The highest BCUT2D eigenvalue weighted by molar-refractivity contribution is 5.71. The fourth-order valence-electron chi connectivity index (χ4n) is 1.04. The molecule has 90 valence electrons. The van der Waals surface area contributed by atoms with Crippen LogP contribution in [0.1, 0.15) is 33.6 Å². The lowest BCUT2D eigenvalue weighted by Crippen LogP contribution is -2.19. The van der Waals surface area contributed by atoms with Gasteiger partial charge in [0.05, 0.1) is 5.92 Å². The van der Waals surface area contributed by atoms with E-state index in [2.05, 4.69) is 13.2 Å². The van der Waals surface area contributed by atoms with Gasteiger partial charge in [-0.2, -0.15) is 0 Å². The zero-order chi connectivity index (χ0) is 12.6. The quantitative estimate of drug-likeness (QED) is 0.485. The average molecular weight is 222 g/mol. The highest BCUT2D eigenvalue weighted by atomic mass is 16.5. The molecule has 2 nitrogen and oxygen atoms in total. The second kappa shape index (κ2) is 7.91. The standard InChI is InChI=1S/C14H22O2/c1-6-8-13(10-7-9-11(2)3)16-14(15)12(4)5/h6-7,10,12-13H,1-2,8-9H2,3-5H3/b10-7-. The molecule has 16 heavy (non-hydrogen) atoms. The number of esters is 1. The van der Waals surface area contributed by atoms with Crippen LogP contribution in [0.3, 0.4) is 0 Å². The van der Waals surface area contributed by atoms with Crippen molar-refractivity contribution in [2.45, 2.75) is 39.7 Å². The molecule has 0 bridgehead atoms. The van der Waals surface area contributed by atoms with Crippen molar-refractivity contribution in [3.63, 3.8) is 0 Å². The van der Waals surface area contributed by atoms with E-state index in [1.54, 1.807) is 6.08 Å². The lowest BCUT2D eigenvalue weighted by atomic mass is 10.1. The van der Waals surface area contributed by atoms with E-state index in [-0.39, 0.29) is 18.0 Å². The Morgan fingerprint density at radius 1 is 1.44 bits per heavy atom. The summed E-state index contributed by atoms with van der Waals surface area (Å²) in [5.74, 6) is -0.270. The molecule has 0 heterocycles. The van der Waals surface area contributed by atoms with Crippen LogP contribution >= 0.6 is 0 Å². The van der Waals surface area contributed by atoms with Gasteiger partial charge >= 0.3 is 5.97 Å². The summed E-state index contributed by atoms with van der Waals surface area (Å²) in [7, 11) is 0. The van der Waals surface area contributed by atoms with Crippen molar-refractivity contribution in [2.24, 2.45) is 5.92 Å². The molecule has 0 aliphatic rings. The van der Waals surface area contributed by atoms with Crippen molar-refractivity contribution < 1.29 is 9.53 Å². The Balaban J connectivity index is 4.26. The summed E-state index contributed by atoms with van der Waals surface area (Å²) < 4.78 is 5.31. The van der Waals surface area contributed by atoms with Gasteiger partial charge in [-0.15, -0.1) is 6.58 Å². The molecule has 1 unspecified atom stereocenters. The molecule has 0 aliphatic heterocycles. The second-order valence-corrected chi connectivity index (χ2v) is 4.24. The normalized spacial score (nSPS) is 12.8. The smallest absolute Gasteiger partial charge is 0.308 e. The van der Waals surface area contributed by atoms with Crippen LogP contribution in [0.2, 0.25) is 0 Å². The third kappa shape index (κ3) is 7.04. The van der Waals surface area contributed by atoms with Crippen LogP contribution in [0, 0.1) is 5.92 Å². The molecular weight excluding hydrogens is 200 g/mol. The van der Waals surface area contributed by atoms with Crippen molar-refractivity contribution in [2.75, 3.05) is 0 Å². The molecule has 2 heteroatoms. The number of ether oxygens (including phenoxy) is 1. The fourth-order valence-corrected chi connectivity index (χ4v) is 1.04. The van der Waals surface area contributed by atoms with Gasteiger partial charge in [-0.3, -0.25) is 4.79 Å². The summed E-state index contributed by atoms with van der Waals surface area (Å²) in [6.07, 6.45) is 6.88. The maximum Gasteiger partial charge on any atom is 0.308 e. The van der Waals surface area contributed by atoms with Gasteiger partial charge in [0.1, 0.15) is 6.10 Å². The summed E-state index contributed by atoms with van der Waals surface area (Å²) in [6, 6.07) is 0. The van der Waals surface area contributed by atoms with Crippen molar-refractivity contribution in [1.29, 1.82) is 0 Å². The van der Waals surface area contributed by atoms with E-state index < -0.39 is 0 Å². The predicted molar refractivity (Wildman–Crippen MR) is 68.1 cm³/mol. The maximum absolute atomic E-state index is 11.4. The first-order valence-electron chi connectivity index (χ1n) is 5.59. The van der Waals surface area contributed by atoms with Crippen LogP contribution in [0.25, 0.3) is 0 Å². The summed E-state index contributed by atoms with van der Waals surface area (Å²) in [5.41, 5.74) is 1.09. The topological polar surface area (TPSA) is 26.3 Å². The van der Waals surface area contributed by atoms with Crippen LogP contribution in [-0.4, -0.2) is 12.1 Å². The third-order valence-electron chi connectivity index (χ3n) is 1.95. The Bertz CT molecular complexity index is 274. The van der Waals surface area contributed by atoms with E-state index in [1.165, 1.54) is 0 Å². The van der Waals surface area contributed by atoms with Crippen molar-refractivity contribution in [3.05, 3.63) is 37.0 Å². The highest BCUT2D eigenvalue weighted by Crippen LogP contribution is 2.08. The molecule has 0 spiro atoms. The Kier molecular flexibility index (Phi) is 7.27. The molecule has 1 atom stereocenters. The van der Waals surface area contributed by atoms with E-state index in [0.717, 1.165) is 12.0 Å². The largest absolute Gasteiger partial charge is 0.458 e.